The van der Waals surface area contributed by atoms with Crippen LogP contribution in [-0.2, 0) is 11.2 Å². The SMILES string of the molecule is CCCOc1ccc(C(=O)NNC(=O)[C@H]2COc3ccc(Cl)cc3C2)cc1OC. The van der Waals surface area contributed by atoms with Crippen molar-refractivity contribution in [3.63, 3.8) is 0 Å². The Bertz CT molecular complexity index is 903. The van der Waals surface area contributed by atoms with Crippen molar-refractivity contribution in [3.05, 3.63) is 52.5 Å². The van der Waals surface area contributed by atoms with E-state index in [0.717, 1.165) is 17.7 Å². The molecule has 0 aromatic heterocycles. The molecular weight excluding hydrogens is 396 g/mol. The van der Waals surface area contributed by atoms with E-state index in [1.165, 1.54) is 7.11 Å². The van der Waals surface area contributed by atoms with Gasteiger partial charge in [-0.15, -0.1) is 0 Å². The van der Waals surface area contributed by atoms with Crippen molar-refractivity contribution in [1.29, 1.82) is 0 Å². The number of rotatable bonds is 6. The second-order valence-corrected chi connectivity index (χ2v) is 7.06. The number of hydrogen-bond donors (Lipinski definition) is 2. The third kappa shape index (κ3) is 5.12. The first-order chi connectivity index (χ1) is 14.0. The highest BCUT2D eigenvalue weighted by molar-refractivity contribution is 6.30. The second kappa shape index (κ2) is 9.52. The fourth-order valence-electron chi connectivity index (χ4n) is 2.96. The third-order valence-electron chi connectivity index (χ3n) is 4.49. The Morgan fingerprint density at radius 3 is 2.76 bits per heavy atom. The molecule has 7 nitrogen and oxygen atoms in total. The number of ether oxygens (including phenoxy) is 3. The highest BCUT2D eigenvalue weighted by Crippen LogP contribution is 2.30. The molecule has 0 bridgehead atoms. The summed E-state index contributed by atoms with van der Waals surface area (Å²) in [7, 11) is 1.50. The fraction of sp³-hybridized carbons (Fsp3) is 0.333. The molecule has 2 N–H and O–H groups in total. The van der Waals surface area contributed by atoms with Crippen LogP contribution in [0, 0.1) is 5.92 Å². The van der Waals surface area contributed by atoms with Gasteiger partial charge in [-0.2, -0.15) is 0 Å². The zero-order valence-corrected chi connectivity index (χ0v) is 17.0. The number of hydrazine groups is 1. The van der Waals surface area contributed by atoms with E-state index >= 15 is 0 Å². The molecule has 1 atom stereocenters. The van der Waals surface area contributed by atoms with Crippen LogP contribution in [0.5, 0.6) is 17.2 Å². The van der Waals surface area contributed by atoms with Crippen molar-refractivity contribution in [3.8, 4) is 17.2 Å². The number of nitrogens with one attached hydrogen (secondary N) is 2. The topological polar surface area (TPSA) is 85.9 Å². The first-order valence-electron chi connectivity index (χ1n) is 9.34. The molecule has 2 amide bonds. The number of hydrogen-bond acceptors (Lipinski definition) is 5. The standard InChI is InChI=1S/C21H23ClN2O5/c1-3-8-28-18-6-4-13(11-19(18)27-2)20(25)23-24-21(26)15-9-14-10-16(22)5-7-17(14)29-12-15/h4-7,10-11,15H,3,8-9,12H2,1-2H3,(H,23,25)(H,24,26)/t15-/m1/s1. The van der Waals surface area contributed by atoms with E-state index in [4.69, 9.17) is 25.8 Å². The van der Waals surface area contributed by atoms with Crippen molar-refractivity contribution >= 4 is 23.4 Å². The zero-order chi connectivity index (χ0) is 20.8. The molecule has 0 aliphatic carbocycles. The van der Waals surface area contributed by atoms with E-state index in [-0.39, 0.29) is 12.5 Å². The van der Waals surface area contributed by atoms with Gasteiger partial charge in [0, 0.05) is 10.6 Å². The molecule has 29 heavy (non-hydrogen) atoms. The molecule has 3 rings (SSSR count). The number of amides is 2. The van der Waals surface area contributed by atoms with E-state index in [9.17, 15) is 9.59 Å². The van der Waals surface area contributed by atoms with Crippen LogP contribution < -0.4 is 25.1 Å². The number of fused-ring (bicyclic) bond motifs is 1. The Kier molecular flexibility index (Phi) is 6.82. The lowest BCUT2D eigenvalue weighted by Crippen LogP contribution is -2.47. The second-order valence-electron chi connectivity index (χ2n) is 6.62. The van der Waals surface area contributed by atoms with E-state index < -0.39 is 11.8 Å². The van der Waals surface area contributed by atoms with Crippen molar-refractivity contribution in [2.45, 2.75) is 19.8 Å². The first kappa shape index (κ1) is 20.8. The zero-order valence-electron chi connectivity index (χ0n) is 16.3. The van der Waals surface area contributed by atoms with Crippen LogP contribution >= 0.6 is 11.6 Å². The van der Waals surface area contributed by atoms with Gasteiger partial charge in [0.2, 0.25) is 5.91 Å². The normalized spacial score (nSPS) is 14.9. The maximum absolute atomic E-state index is 12.4. The van der Waals surface area contributed by atoms with Gasteiger partial charge < -0.3 is 14.2 Å². The summed E-state index contributed by atoms with van der Waals surface area (Å²) < 4.78 is 16.5. The first-order valence-corrected chi connectivity index (χ1v) is 9.72. The molecule has 2 aromatic carbocycles. The molecule has 0 saturated heterocycles. The van der Waals surface area contributed by atoms with Crippen molar-refractivity contribution < 1.29 is 23.8 Å². The minimum atomic E-state index is -0.459. The Hall–Kier alpha value is -2.93. The smallest absolute Gasteiger partial charge is 0.269 e. The van der Waals surface area contributed by atoms with Gasteiger partial charge in [0.15, 0.2) is 11.5 Å². The van der Waals surface area contributed by atoms with Gasteiger partial charge in [0.25, 0.3) is 5.91 Å². The van der Waals surface area contributed by atoms with E-state index in [1.807, 2.05) is 6.92 Å². The maximum Gasteiger partial charge on any atom is 0.269 e. The third-order valence-corrected chi connectivity index (χ3v) is 4.72. The number of carbonyl (C=O) groups excluding carboxylic acids is 2. The maximum atomic E-state index is 12.4. The molecule has 0 radical (unpaired) electrons. The number of carbonyl (C=O) groups is 2. The highest BCUT2D eigenvalue weighted by Gasteiger charge is 2.26. The average molecular weight is 419 g/mol. The van der Waals surface area contributed by atoms with Crippen LogP contribution in [-0.4, -0.2) is 32.1 Å². The lowest BCUT2D eigenvalue weighted by Gasteiger charge is -2.24. The molecule has 8 heteroatoms. The summed E-state index contributed by atoms with van der Waals surface area (Å²) in [6.45, 7) is 2.78. The molecule has 1 aliphatic rings. The van der Waals surface area contributed by atoms with Gasteiger partial charge in [0.1, 0.15) is 12.4 Å². The monoisotopic (exact) mass is 418 g/mol. The highest BCUT2D eigenvalue weighted by atomic mass is 35.5. The molecule has 1 heterocycles. The molecule has 0 unspecified atom stereocenters. The van der Waals surface area contributed by atoms with Gasteiger partial charge >= 0.3 is 0 Å². The molecule has 0 spiro atoms. The Balaban J connectivity index is 1.58. The van der Waals surface area contributed by atoms with E-state index in [0.29, 0.717) is 35.1 Å². The van der Waals surface area contributed by atoms with Gasteiger partial charge in [-0.3, -0.25) is 20.4 Å². The van der Waals surface area contributed by atoms with Crippen LogP contribution in [0.3, 0.4) is 0 Å². The predicted molar refractivity (Wildman–Crippen MR) is 109 cm³/mol. The summed E-state index contributed by atoms with van der Waals surface area (Å²) in [5.41, 5.74) is 6.09. The van der Waals surface area contributed by atoms with E-state index in [2.05, 4.69) is 10.9 Å². The summed E-state index contributed by atoms with van der Waals surface area (Å²) in [6, 6.07) is 10.2. The minimum absolute atomic E-state index is 0.230. The summed E-state index contributed by atoms with van der Waals surface area (Å²) in [4.78, 5) is 24.8. The number of benzene rings is 2. The summed E-state index contributed by atoms with van der Waals surface area (Å²) in [5, 5.41) is 0.585. The quantitative estimate of drug-likeness (QED) is 0.704. The Morgan fingerprint density at radius 1 is 1.17 bits per heavy atom. The summed E-state index contributed by atoms with van der Waals surface area (Å²) >= 11 is 6.01. The Morgan fingerprint density at radius 2 is 2.00 bits per heavy atom. The van der Waals surface area contributed by atoms with Gasteiger partial charge in [-0.25, -0.2) is 0 Å². The van der Waals surface area contributed by atoms with Crippen LogP contribution in [0.25, 0.3) is 0 Å². The minimum Gasteiger partial charge on any atom is -0.493 e. The summed E-state index contributed by atoms with van der Waals surface area (Å²) in [5.74, 6) is 0.511. The number of methoxy groups -OCH3 is 1. The fourth-order valence-corrected chi connectivity index (χ4v) is 3.16. The molecule has 154 valence electrons. The average Bonchev–Trinajstić information content (AvgIpc) is 2.75. The van der Waals surface area contributed by atoms with E-state index in [1.54, 1.807) is 36.4 Å². The van der Waals surface area contributed by atoms with Crippen LogP contribution in [0.1, 0.15) is 29.3 Å². The van der Waals surface area contributed by atoms with Crippen LogP contribution in [0.2, 0.25) is 5.02 Å². The molecular formula is C21H23ClN2O5. The lowest BCUT2D eigenvalue weighted by atomic mass is 9.96. The van der Waals surface area contributed by atoms with Crippen molar-refractivity contribution in [2.24, 2.45) is 5.92 Å². The molecule has 1 aliphatic heterocycles. The molecule has 2 aromatic rings. The Labute approximate surface area is 174 Å². The lowest BCUT2D eigenvalue weighted by molar-refractivity contribution is -0.127. The van der Waals surface area contributed by atoms with Gasteiger partial charge in [0.05, 0.1) is 19.6 Å². The molecule has 0 fully saturated rings. The largest absolute Gasteiger partial charge is 0.493 e. The van der Waals surface area contributed by atoms with Gasteiger partial charge in [-0.05, 0) is 54.8 Å². The predicted octanol–water partition coefficient (Wildman–Crippen LogP) is 3.15. The van der Waals surface area contributed by atoms with Crippen molar-refractivity contribution in [1.82, 2.24) is 10.9 Å². The number of halogens is 1. The van der Waals surface area contributed by atoms with Gasteiger partial charge in [-0.1, -0.05) is 18.5 Å². The van der Waals surface area contributed by atoms with Crippen LogP contribution in [0.15, 0.2) is 36.4 Å². The van der Waals surface area contributed by atoms with Crippen LogP contribution in [0.4, 0.5) is 0 Å². The summed E-state index contributed by atoms with van der Waals surface area (Å²) in [6.07, 6.45) is 1.34. The van der Waals surface area contributed by atoms with Crippen molar-refractivity contribution in [2.75, 3.05) is 20.3 Å². The molecule has 0 saturated carbocycles.